The van der Waals surface area contributed by atoms with E-state index >= 15 is 0 Å². The molecule has 2 saturated carbocycles. The second kappa shape index (κ2) is 7.76. The van der Waals surface area contributed by atoms with Crippen molar-refractivity contribution in [2.24, 2.45) is 28.9 Å². The number of thiazole rings is 1. The Bertz CT molecular complexity index is 940. The van der Waals surface area contributed by atoms with Crippen LogP contribution < -0.4 is 11.1 Å². The van der Waals surface area contributed by atoms with Crippen molar-refractivity contribution in [3.8, 4) is 0 Å². The molecule has 1 aromatic heterocycles. The van der Waals surface area contributed by atoms with E-state index in [0.717, 1.165) is 17.7 Å². The van der Waals surface area contributed by atoms with Crippen molar-refractivity contribution >= 4 is 22.4 Å². The number of carbonyl (C=O) groups excluding carboxylic acids is 1. The zero-order valence-corrected chi connectivity index (χ0v) is 18.9. The van der Waals surface area contributed by atoms with Crippen molar-refractivity contribution in [2.75, 3.05) is 5.32 Å². The Morgan fingerprint density at radius 2 is 2.17 bits per heavy atom. The Kier molecular flexibility index (Phi) is 5.22. The number of rotatable bonds is 4. The lowest BCUT2D eigenvalue weighted by molar-refractivity contribution is -0.116. The SMILES string of the molecule is Cc1cnc(NC(=O)CCC2CC(N)C3(C)CCC4c5ccccc5CCC4C23)s1. The number of hydrogen-bond donors (Lipinski definition) is 2. The highest BCUT2D eigenvalue weighted by Gasteiger charge is 2.57. The van der Waals surface area contributed by atoms with E-state index in [1.165, 1.54) is 37.0 Å². The van der Waals surface area contributed by atoms with E-state index in [1.807, 2.05) is 13.1 Å². The molecule has 6 atom stereocenters. The second-order valence-corrected chi connectivity index (χ2v) is 11.3. The molecule has 4 nitrogen and oxygen atoms in total. The highest BCUT2D eigenvalue weighted by Crippen LogP contribution is 2.63. The largest absolute Gasteiger partial charge is 0.327 e. The molecular weight excluding hydrogens is 390 g/mol. The molecule has 2 fully saturated rings. The van der Waals surface area contributed by atoms with Gasteiger partial charge in [-0.3, -0.25) is 4.79 Å². The van der Waals surface area contributed by atoms with E-state index in [1.54, 1.807) is 11.1 Å². The van der Waals surface area contributed by atoms with Crippen LogP contribution in [0.25, 0.3) is 0 Å². The number of amides is 1. The van der Waals surface area contributed by atoms with Crippen LogP contribution in [0.1, 0.15) is 67.4 Å². The molecule has 5 heteroatoms. The summed E-state index contributed by atoms with van der Waals surface area (Å²) in [7, 11) is 0. The van der Waals surface area contributed by atoms with E-state index < -0.39 is 0 Å². The average molecular weight is 424 g/mol. The van der Waals surface area contributed by atoms with Crippen LogP contribution in [-0.2, 0) is 11.2 Å². The number of fused-ring (bicyclic) bond motifs is 5. The number of aryl methyl sites for hydroxylation is 2. The minimum absolute atomic E-state index is 0.0906. The van der Waals surface area contributed by atoms with Gasteiger partial charge in [-0.15, -0.1) is 11.3 Å². The number of anilines is 1. The summed E-state index contributed by atoms with van der Waals surface area (Å²) in [6.07, 6.45) is 9.33. The fraction of sp³-hybridized carbons (Fsp3) is 0.600. The summed E-state index contributed by atoms with van der Waals surface area (Å²) in [6, 6.07) is 9.33. The van der Waals surface area contributed by atoms with Gasteiger partial charge in [-0.25, -0.2) is 4.98 Å². The maximum Gasteiger partial charge on any atom is 0.226 e. The van der Waals surface area contributed by atoms with E-state index in [-0.39, 0.29) is 17.4 Å². The lowest BCUT2D eigenvalue weighted by atomic mass is 9.53. The summed E-state index contributed by atoms with van der Waals surface area (Å²) in [4.78, 5) is 18.0. The second-order valence-electron chi connectivity index (χ2n) is 10.0. The zero-order valence-electron chi connectivity index (χ0n) is 18.1. The van der Waals surface area contributed by atoms with Crippen LogP contribution in [0.3, 0.4) is 0 Å². The summed E-state index contributed by atoms with van der Waals surface area (Å²) in [5, 5.41) is 3.70. The van der Waals surface area contributed by atoms with Gasteiger partial charge in [0.05, 0.1) is 0 Å². The monoisotopic (exact) mass is 423 g/mol. The van der Waals surface area contributed by atoms with Gasteiger partial charge in [0.25, 0.3) is 0 Å². The molecule has 1 aromatic carbocycles. The number of aromatic nitrogens is 1. The third-order valence-corrected chi connectivity index (χ3v) is 9.28. The Balaban J connectivity index is 1.32. The van der Waals surface area contributed by atoms with Gasteiger partial charge in [0.1, 0.15) is 0 Å². The van der Waals surface area contributed by atoms with Crippen molar-refractivity contribution in [3.63, 3.8) is 0 Å². The molecule has 0 bridgehead atoms. The van der Waals surface area contributed by atoms with Gasteiger partial charge in [-0.1, -0.05) is 31.2 Å². The Hall–Kier alpha value is -1.72. The first kappa shape index (κ1) is 20.2. The summed E-state index contributed by atoms with van der Waals surface area (Å²) >= 11 is 1.54. The van der Waals surface area contributed by atoms with Crippen LogP contribution in [0.2, 0.25) is 0 Å². The van der Waals surface area contributed by atoms with E-state index in [2.05, 4.69) is 41.5 Å². The van der Waals surface area contributed by atoms with Gasteiger partial charge in [-0.2, -0.15) is 0 Å². The lowest BCUT2D eigenvalue weighted by Crippen LogP contribution is -2.47. The first-order valence-corrected chi connectivity index (χ1v) is 12.3. The van der Waals surface area contributed by atoms with Crippen molar-refractivity contribution in [1.29, 1.82) is 0 Å². The maximum atomic E-state index is 12.6. The Morgan fingerprint density at radius 1 is 1.33 bits per heavy atom. The standard InChI is InChI=1S/C25H33N3OS/c1-15-14-27-24(30-15)28-22(29)10-8-17-13-21(26)25(2)12-11-19-18-6-4-3-5-16(18)7-9-20(19)23(17)25/h3-6,14,17,19-21,23H,7-13,26H2,1-2H3,(H,27,28,29). The van der Waals surface area contributed by atoms with Gasteiger partial charge in [0.2, 0.25) is 5.91 Å². The topological polar surface area (TPSA) is 68.0 Å². The molecule has 0 aliphatic heterocycles. The molecule has 1 amide bonds. The van der Waals surface area contributed by atoms with E-state index in [9.17, 15) is 4.79 Å². The Labute approximate surface area is 183 Å². The van der Waals surface area contributed by atoms with Crippen LogP contribution in [-0.4, -0.2) is 16.9 Å². The van der Waals surface area contributed by atoms with Crippen molar-refractivity contribution in [2.45, 2.75) is 70.8 Å². The predicted molar refractivity (Wildman–Crippen MR) is 123 cm³/mol. The smallest absolute Gasteiger partial charge is 0.226 e. The summed E-state index contributed by atoms with van der Waals surface area (Å²) in [6.45, 7) is 4.45. The zero-order chi connectivity index (χ0) is 20.9. The van der Waals surface area contributed by atoms with Gasteiger partial charge < -0.3 is 11.1 Å². The number of nitrogens with one attached hydrogen (secondary N) is 1. The summed E-state index contributed by atoms with van der Waals surface area (Å²) in [5.41, 5.74) is 10.1. The molecule has 3 N–H and O–H groups in total. The molecule has 0 radical (unpaired) electrons. The fourth-order valence-corrected chi connectivity index (χ4v) is 7.75. The molecule has 3 aliphatic rings. The molecule has 5 rings (SSSR count). The highest BCUT2D eigenvalue weighted by molar-refractivity contribution is 7.15. The lowest BCUT2D eigenvalue weighted by Gasteiger charge is -2.51. The minimum atomic E-state index is 0.0906. The van der Waals surface area contributed by atoms with E-state index in [4.69, 9.17) is 5.73 Å². The maximum absolute atomic E-state index is 12.6. The normalized spacial score (nSPS) is 34.7. The van der Waals surface area contributed by atoms with Gasteiger partial charge in [0.15, 0.2) is 5.13 Å². The van der Waals surface area contributed by atoms with Crippen LogP contribution in [0.15, 0.2) is 30.5 Å². The Morgan fingerprint density at radius 3 is 2.97 bits per heavy atom. The number of nitrogens with two attached hydrogens (primary N) is 1. The quantitative estimate of drug-likeness (QED) is 0.703. The first-order chi connectivity index (χ1) is 14.5. The highest BCUT2D eigenvalue weighted by atomic mass is 32.1. The molecule has 0 spiro atoms. The summed E-state index contributed by atoms with van der Waals surface area (Å²) in [5.74, 6) is 2.66. The molecule has 160 valence electrons. The molecule has 1 heterocycles. The third-order valence-electron chi connectivity index (χ3n) is 8.46. The van der Waals surface area contributed by atoms with Gasteiger partial charge >= 0.3 is 0 Å². The molecule has 2 aromatic rings. The van der Waals surface area contributed by atoms with Crippen LogP contribution in [0.5, 0.6) is 0 Å². The average Bonchev–Trinajstić information content (AvgIpc) is 3.26. The molecular formula is C25H33N3OS. The van der Waals surface area contributed by atoms with Gasteiger partial charge in [0, 0.05) is 23.5 Å². The number of hydrogen-bond acceptors (Lipinski definition) is 4. The predicted octanol–water partition coefficient (Wildman–Crippen LogP) is 5.28. The molecule has 0 saturated heterocycles. The minimum Gasteiger partial charge on any atom is -0.327 e. The molecule has 3 aliphatic carbocycles. The van der Waals surface area contributed by atoms with E-state index in [0.29, 0.717) is 35.2 Å². The molecule has 6 unspecified atom stereocenters. The van der Waals surface area contributed by atoms with Crippen molar-refractivity contribution in [3.05, 3.63) is 46.5 Å². The number of nitrogens with zero attached hydrogens (tertiary/aromatic N) is 1. The summed E-state index contributed by atoms with van der Waals surface area (Å²) < 4.78 is 0. The molecule has 30 heavy (non-hydrogen) atoms. The van der Waals surface area contributed by atoms with Crippen molar-refractivity contribution < 1.29 is 4.79 Å². The van der Waals surface area contributed by atoms with Crippen LogP contribution in [0, 0.1) is 30.1 Å². The van der Waals surface area contributed by atoms with Crippen LogP contribution >= 0.6 is 11.3 Å². The number of carbonyl (C=O) groups is 1. The first-order valence-electron chi connectivity index (χ1n) is 11.5. The van der Waals surface area contributed by atoms with Crippen molar-refractivity contribution in [1.82, 2.24) is 4.98 Å². The third kappa shape index (κ3) is 3.40. The van der Waals surface area contributed by atoms with Gasteiger partial charge in [-0.05, 0) is 85.7 Å². The fourth-order valence-electron chi connectivity index (χ4n) is 7.07. The van der Waals surface area contributed by atoms with Crippen LogP contribution in [0.4, 0.5) is 5.13 Å². The number of benzene rings is 1.